The van der Waals surface area contributed by atoms with E-state index in [9.17, 15) is 14.4 Å². The van der Waals surface area contributed by atoms with Gasteiger partial charge in [0.25, 0.3) is 11.8 Å². The van der Waals surface area contributed by atoms with Crippen LogP contribution >= 0.6 is 11.8 Å². The number of fused-ring (bicyclic) bond motifs is 1. The molecule has 8 heteroatoms. The van der Waals surface area contributed by atoms with Crippen LogP contribution in [0.5, 0.6) is 0 Å². The summed E-state index contributed by atoms with van der Waals surface area (Å²) in [5.41, 5.74) is 2.49. The zero-order chi connectivity index (χ0) is 22.7. The average molecular weight is 453 g/mol. The maximum Gasteiger partial charge on any atom is 0.262 e. The molecule has 1 atom stereocenters. The van der Waals surface area contributed by atoms with Gasteiger partial charge in [0.1, 0.15) is 6.04 Å². The SMILES string of the molecule is CSCC[C@@H](C(=O)Nc1ccc(N2CCN(C)CC2)cc1)N1C(=O)c2ccccc2C1=O. The van der Waals surface area contributed by atoms with E-state index in [0.29, 0.717) is 29.0 Å². The highest BCUT2D eigenvalue weighted by atomic mass is 32.2. The summed E-state index contributed by atoms with van der Waals surface area (Å²) in [6, 6.07) is 13.6. The third kappa shape index (κ3) is 4.52. The standard InChI is InChI=1S/C24H28N4O3S/c1-26-12-14-27(15-13-26)18-9-7-17(8-10-18)25-22(29)21(11-16-32-2)28-23(30)19-5-3-4-6-20(19)24(28)31/h3-10,21H,11-16H2,1-2H3,(H,25,29)/t21-/m0/s1. The summed E-state index contributed by atoms with van der Waals surface area (Å²) >= 11 is 1.58. The lowest BCUT2D eigenvalue weighted by Gasteiger charge is -2.34. The molecule has 2 aromatic carbocycles. The van der Waals surface area contributed by atoms with Crippen molar-refractivity contribution in [2.24, 2.45) is 0 Å². The number of carbonyl (C=O) groups is 3. The van der Waals surface area contributed by atoms with Crippen LogP contribution in [-0.4, -0.2) is 78.8 Å². The van der Waals surface area contributed by atoms with Crippen molar-refractivity contribution in [2.45, 2.75) is 12.5 Å². The molecular formula is C24H28N4O3S. The largest absolute Gasteiger partial charge is 0.369 e. The third-order valence-corrected chi connectivity index (χ3v) is 6.68. The Morgan fingerprint density at radius 3 is 2.12 bits per heavy atom. The van der Waals surface area contributed by atoms with Gasteiger partial charge in [-0.3, -0.25) is 19.3 Å². The van der Waals surface area contributed by atoms with Crippen molar-refractivity contribution in [1.82, 2.24) is 9.80 Å². The van der Waals surface area contributed by atoms with Crippen LogP contribution in [0.2, 0.25) is 0 Å². The Bertz CT molecular complexity index is 968. The predicted octanol–water partition coefficient (Wildman–Crippen LogP) is 2.79. The molecule has 1 saturated heterocycles. The van der Waals surface area contributed by atoms with Crippen molar-refractivity contribution in [2.75, 3.05) is 55.5 Å². The average Bonchev–Trinajstić information content (AvgIpc) is 3.06. The highest BCUT2D eigenvalue weighted by Gasteiger charge is 2.42. The van der Waals surface area contributed by atoms with E-state index in [2.05, 4.69) is 22.2 Å². The van der Waals surface area contributed by atoms with Gasteiger partial charge >= 0.3 is 0 Å². The maximum absolute atomic E-state index is 13.2. The van der Waals surface area contributed by atoms with Gasteiger partial charge in [0.15, 0.2) is 0 Å². The number of carbonyl (C=O) groups excluding carboxylic acids is 3. The molecule has 4 rings (SSSR count). The number of likely N-dealkylation sites (N-methyl/N-ethyl adjacent to an activating group) is 1. The molecule has 2 heterocycles. The van der Waals surface area contributed by atoms with Crippen LogP contribution < -0.4 is 10.2 Å². The number of nitrogens with zero attached hydrogens (tertiary/aromatic N) is 3. The molecule has 0 aromatic heterocycles. The number of rotatable bonds is 7. The van der Waals surface area contributed by atoms with E-state index < -0.39 is 17.9 Å². The second kappa shape index (κ2) is 9.75. The Hall–Kier alpha value is -2.84. The fourth-order valence-corrected chi connectivity index (χ4v) is 4.60. The number of amides is 3. The van der Waals surface area contributed by atoms with E-state index >= 15 is 0 Å². The van der Waals surface area contributed by atoms with Crippen LogP contribution in [0, 0.1) is 0 Å². The molecule has 0 aliphatic carbocycles. The number of imide groups is 1. The van der Waals surface area contributed by atoms with Crippen LogP contribution in [0.1, 0.15) is 27.1 Å². The van der Waals surface area contributed by atoms with E-state index in [4.69, 9.17) is 0 Å². The number of piperazine rings is 1. The minimum absolute atomic E-state index is 0.346. The van der Waals surface area contributed by atoms with Gasteiger partial charge in [0.05, 0.1) is 11.1 Å². The summed E-state index contributed by atoms with van der Waals surface area (Å²) in [6.45, 7) is 3.99. The monoisotopic (exact) mass is 452 g/mol. The van der Waals surface area contributed by atoms with Crippen LogP contribution in [-0.2, 0) is 4.79 Å². The summed E-state index contributed by atoms with van der Waals surface area (Å²) < 4.78 is 0. The highest BCUT2D eigenvalue weighted by molar-refractivity contribution is 7.98. The van der Waals surface area contributed by atoms with Gasteiger partial charge in [0.2, 0.25) is 5.91 Å². The first-order chi connectivity index (χ1) is 15.5. The van der Waals surface area contributed by atoms with E-state index in [1.807, 2.05) is 30.5 Å². The van der Waals surface area contributed by atoms with Crippen LogP contribution in [0.3, 0.4) is 0 Å². The lowest BCUT2D eigenvalue weighted by Crippen LogP contribution is -2.47. The summed E-state index contributed by atoms with van der Waals surface area (Å²) in [6.07, 6.45) is 2.34. The topological polar surface area (TPSA) is 73.0 Å². The molecule has 0 spiro atoms. The van der Waals surface area contributed by atoms with Gasteiger partial charge in [0, 0.05) is 37.6 Å². The van der Waals surface area contributed by atoms with Gasteiger partial charge < -0.3 is 15.1 Å². The molecule has 7 nitrogen and oxygen atoms in total. The van der Waals surface area contributed by atoms with Crippen molar-refractivity contribution in [3.05, 3.63) is 59.7 Å². The van der Waals surface area contributed by atoms with Gasteiger partial charge in [-0.15, -0.1) is 0 Å². The maximum atomic E-state index is 13.2. The van der Waals surface area contributed by atoms with E-state index in [1.165, 1.54) is 0 Å². The van der Waals surface area contributed by atoms with Crippen molar-refractivity contribution in [3.8, 4) is 0 Å². The first-order valence-corrected chi connectivity index (χ1v) is 12.2. The molecule has 168 valence electrons. The molecule has 2 aliphatic heterocycles. The summed E-state index contributed by atoms with van der Waals surface area (Å²) in [5, 5.41) is 2.91. The Kier molecular flexibility index (Phi) is 6.81. The Morgan fingerprint density at radius 2 is 1.56 bits per heavy atom. The zero-order valence-electron chi connectivity index (χ0n) is 18.4. The van der Waals surface area contributed by atoms with Crippen LogP contribution in [0.25, 0.3) is 0 Å². The van der Waals surface area contributed by atoms with Crippen LogP contribution in [0.4, 0.5) is 11.4 Å². The lowest BCUT2D eigenvalue weighted by molar-refractivity contribution is -0.120. The number of anilines is 2. The Labute approximate surface area is 192 Å². The molecule has 1 N–H and O–H groups in total. The van der Waals surface area contributed by atoms with Crippen molar-refractivity contribution >= 4 is 40.9 Å². The van der Waals surface area contributed by atoms with Crippen molar-refractivity contribution in [1.29, 1.82) is 0 Å². The lowest BCUT2D eigenvalue weighted by atomic mass is 10.1. The number of nitrogens with one attached hydrogen (secondary N) is 1. The van der Waals surface area contributed by atoms with E-state index in [1.54, 1.807) is 36.0 Å². The second-order valence-corrected chi connectivity index (χ2v) is 9.14. The van der Waals surface area contributed by atoms with E-state index in [-0.39, 0.29) is 5.91 Å². The van der Waals surface area contributed by atoms with Gasteiger partial charge in [-0.25, -0.2) is 0 Å². The number of hydrogen-bond donors (Lipinski definition) is 1. The van der Waals surface area contributed by atoms with Crippen LogP contribution in [0.15, 0.2) is 48.5 Å². The van der Waals surface area contributed by atoms with Crippen molar-refractivity contribution < 1.29 is 14.4 Å². The molecule has 0 unspecified atom stereocenters. The Balaban J connectivity index is 1.48. The fraction of sp³-hybridized carbons (Fsp3) is 0.375. The van der Waals surface area contributed by atoms with E-state index in [0.717, 1.165) is 36.8 Å². The van der Waals surface area contributed by atoms with Gasteiger partial charge in [-0.1, -0.05) is 12.1 Å². The number of thioether (sulfide) groups is 1. The smallest absolute Gasteiger partial charge is 0.262 e. The molecule has 0 saturated carbocycles. The van der Waals surface area contributed by atoms with Crippen molar-refractivity contribution in [3.63, 3.8) is 0 Å². The minimum Gasteiger partial charge on any atom is -0.369 e. The molecule has 3 amide bonds. The molecular weight excluding hydrogens is 424 g/mol. The molecule has 2 aromatic rings. The zero-order valence-corrected chi connectivity index (χ0v) is 19.2. The molecule has 0 radical (unpaired) electrons. The first kappa shape index (κ1) is 22.4. The first-order valence-electron chi connectivity index (χ1n) is 10.8. The molecule has 1 fully saturated rings. The predicted molar refractivity (Wildman–Crippen MR) is 129 cm³/mol. The summed E-state index contributed by atoms with van der Waals surface area (Å²) in [7, 11) is 2.12. The Morgan fingerprint density at radius 1 is 0.969 bits per heavy atom. The number of benzene rings is 2. The van der Waals surface area contributed by atoms with Gasteiger partial charge in [-0.2, -0.15) is 11.8 Å². The third-order valence-electron chi connectivity index (χ3n) is 6.04. The summed E-state index contributed by atoms with van der Waals surface area (Å²) in [4.78, 5) is 44.8. The quantitative estimate of drug-likeness (QED) is 0.652. The fourth-order valence-electron chi connectivity index (χ4n) is 4.14. The molecule has 2 aliphatic rings. The molecule has 0 bridgehead atoms. The number of hydrogen-bond acceptors (Lipinski definition) is 6. The summed E-state index contributed by atoms with van der Waals surface area (Å²) in [5.74, 6) is -0.496. The highest BCUT2D eigenvalue weighted by Crippen LogP contribution is 2.27. The normalized spacial score (nSPS) is 17.4. The second-order valence-electron chi connectivity index (χ2n) is 8.15. The van der Waals surface area contributed by atoms with Gasteiger partial charge in [-0.05, 0) is 61.9 Å². The minimum atomic E-state index is -0.854. The molecule has 32 heavy (non-hydrogen) atoms.